The van der Waals surface area contributed by atoms with Crippen molar-refractivity contribution in [2.24, 2.45) is 5.73 Å². The van der Waals surface area contributed by atoms with E-state index >= 15 is 0 Å². The van der Waals surface area contributed by atoms with Gasteiger partial charge in [-0.1, -0.05) is 12.1 Å². The third kappa shape index (κ3) is 6.26. The van der Waals surface area contributed by atoms with E-state index in [1.165, 1.54) is 30.5 Å². The fraction of sp³-hybridized carbons (Fsp3) is 0.308. The number of hydrogen-bond acceptors (Lipinski definition) is 5. The molecule has 3 aromatic rings. The highest BCUT2D eigenvalue weighted by Crippen LogP contribution is 2.30. The number of halogens is 4. The molecule has 3 atom stereocenters. The van der Waals surface area contributed by atoms with Crippen LogP contribution in [-0.2, 0) is 16.0 Å². The van der Waals surface area contributed by atoms with Crippen molar-refractivity contribution in [3.05, 3.63) is 94.8 Å². The summed E-state index contributed by atoms with van der Waals surface area (Å²) in [4.78, 5) is 17.1. The molecule has 6 nitrogen and oxygen atoms in total. The molecule has 1 aliphatic heterocycles. The van der Waals surface area contributed by atoms with Crippen molar-refractivity contribution in [2.45, 2.75) is 30.9 Å². The van der Waals surface area contributed by atoms with Crippen molar-refractivity contribution in [3.63, 3.8) is 0 Å². The molecular weight excluding hydrogens is 476 g/mol. The number of rotatable bonds is 8. The van der Waals surface area contributed by atoms with Gasteiger partial charge in [-0.05, 0) is 48.2 Å². The van der Waals surface area contributed by atoms with Crippen LogP contribution in [0.1, 0.15) is 29.0 Å². The predicted octanol–water partition coefficient (Wildman–Crippen LogP) is 3.66. The third-order valence-corrected chi connectivity index (χ3v) is 6.12. The fourth-order valence-corrected chi connectivity index (χ4v) is 4.33. The van der Waals surface area contributed by atoms with Gasteiger partial charge in [0.15, 0.2) is 0 Å². The highest BCUT2D eigenvalue weighted by atomic mass is 19.1. The Morgan fingerprint density at radius 3 is 2.44 bits per heavy atom. The van der Waals surface area contributed by atoms with Crippen molar-refractivity contribution >= 4 is 11.6 Å². The van der Waals surface area contributed by atoms with E-state index in [4.69, 9.17) is 10.5 Å². The topological polar surface area (TPSA) is 89.3 Å². The Balaban J connectivity index is 1.59. The van der Waals surface area contributed by atoms with Gasteiger partial charge in [0.05, 0.1) is 36.8 Å². The molecule has 0 saturated carbocycles. The van der Waals surface area contributed by atoms with Crippen molar-refractivity contribution < 1.29 is 27.1 Å². The molecule has 4 rings (SSSR count). The first-order valence-corrected chi connectivity index (χ1v) is 11.5. The second-order valence-electron chi connectivity index (χ2n) is 8.63. The van der Waals surface area contributed by atoms with Gasteiger partial charge in [-0.15, -0.1) is 0 Å². The van der Waals surface area contributed by atoms with Crippen molar-refractivity contribution in [3.8, 4) is 0 Å². The number of nitrogens with zero attached hydrogens (tertiary/aromatic N) is 1. The summed E-state index contributed by atoms with van der Waals surface area (Å²) in [5, 5.41) is 5.82. The van der Waals surface area contributed by atoms with Gasteiger partial charge in [-0.3, -0.25) is 9.78 Å². The lowest BCUT2D eigenvalue weighted by molar-refractivity contribution is -0.117. The van der Waals surface area contributed by atoms with Gasteiger partial charge in [0, 0.05) is 30.6 Å². The van der Waals surface area contributed by atoms with E-state index in [1.54, 1.807) is 0 Å². The lowest BCUT2D eigenvalue weighted by Crippen LogP contribution is -2.41. The summed E-state index contributed by atoms with van der Waals surface area (Å²) in [6.07, 6.45) is 3.08. The molecule has 0 aliphatic carbocycles. The molecule has 2 heterocycles. The second kappa shape index (κ2) is 11.6. The molecule has 2 aromatic carbocycles. The highest BCUT2D eigenvalue weighted by molar-refractivity contribution is 5.96. The van der Waals surface area contributed by atoms with Crippen LogP contribution in [0.4, 0.5) is 23.2 Å². The molecule has 1 saturated heterocycles. The van der Waals surface area contributed by atoms with E-state index in [2.05, 4.69) is 15.6 Å². The molecule has 10 heteroatoms. The molecule has 1 amide bonds. The van der Waals surface area contributed by atoms with Gasteiger partial charge in [0.25, 0.3) is 0 Å². The van der Waals surface area contributed by atoms with E-state index in [9.17, 15) is 22.4 Å². The number of benzene rings is 2. The zero-order chi connectivity index (χ0) is 25.7. The number of amides is 1. The van der Waals surface area contributed by atoms with E-state index < -0.39 is 41.1 Å². The maximum Gasteiger partial charge on any atom is 0.242 e. The SMILES string of the molecule is N[C@H](C(=O)Nc1cncc(F)c1CC[C@@H]1CNCCO1)[C@@H](c1ccc(F)cc1)c1cc(F)cc(F)c1. The molecule has 190 valence electrons. The summed E-state index contributed by atoms with van der Waals surface area (Å²) < 4.78 is 61.9. The predicted molar refractivity (Wildman–Crippen MR) is 126 cm³/mol. The first-order valence-electron chi connectivity index (χ1n) is 11.5. The number of aromatic nitrogens is 1. The fourth-order valence-electron chi connectivity index (χ4n) is 4.33. The summed E-state index contributed by atoms with van der Waals surface area (Å²) in [6.45, 7) is 1.96. The molecule has 1 fully saturated rings. The smallest absolute Gasteiger partial charge is 0.242 e. The Morgan fingerprint density at radius 1 is 1.06 bits per heavy atom. The van der Waals surface area contributed by atoms with Crippen molar-refractivity contribution in [2.75, 3.05) is 25.0 Å². The Hall–Kier alpha value is -3.34. The first-order chi connectivity index (χ1) is 17.3. The number of pyridine rings is 1. The maximum absolute atomic E-state index is 14.7. The molecule has 1 aromatic heterocycles. The Bertz CT molecular complexity index is 1180. The quantitative estimate of drug-likeness (QED) is 0.409. The standard InChI is InChI=1S/C26H26F4N4O2/c27-17-3-1-15(2-4-17)24(16-9-18(28)11-19(29)10-16)25(31)26(35)34-23-14-33-13-22(30)21(23)6-5-20-12-32-7-8-36-20/h1-4,9-11,13-14,20,24-25,32H,5-8,12,31H2,(H,34,35)/t20-,24+,25+/m1/s1. The molecule has 0 radical (unpaired) electrons. The average Bonchev–Trinajstić information content (AvgIpc) is 2.85. The van der Waals surface area contributed by atoms with Crippen molar-refractivity contribution in [1.29, 1.82) is 0 Å². The summed E-state index contributed by atoms with van der Waals surface area (Å²) >= 11 is 0. The summed E-state index contributed by atoms with van der Waals surface area (Å²) in [5.74, 6) is -4.54. The third-order valence-electron chi connectivity index (χ3n) is 6.12. The molecule has 0 unspecified atom stereocenters. The highest BCUT2D eigenvalue weighted by Gasteiger charge is 2.30. The average molecular weight is 503 g/mol. The minimum absolute atomic E-state index is 0.0946. The van der Waals surface area contributed by atoms with Gasteiger partial charge in [0.1, 0.15) is 23.3 Å². The summed E-state index contributed by atoms with van der Waals surface area (Å²) in [5.41, 5.74) is 7.16. The van der Waals surface area contributed by atoms with Gasteiger partial charge in [-0.25, -0.2) is 17.6 Å². The maximum atomic E-state index is 14.7. The van der Waals surface area contributed by atoms with Crippen molar-refractivity contribution in [1.82, 2.24) is 10.3 Å². The van der Waals surface area contributed by atoms with E-state index in [0.717, 1.165) is 24.9 Å². The molecule has 0 spiro atoms. The lowest BCUT2D eigenvalue weighted by Gasteiger charge is -2.26. The first kappa shape index (κ1) is 25.7. The monoisotopic (exact) mass is 502 g/mol. The van der Waals surface area contributed by atoms with Crippen LogP contribution >= 0.6 is 0 Å². The van der Waals surface area contributed by atoms with Crippen LogP contribution < -0.4 is 16.4 Å². The van der Waals surface area contributed by atoms with Crippen LogP contribution in [0.2, 0.25) is 0 Å². The van der Waals surface area contributed by atoms with E-state index in [-0.39, 0.29) is 29.3 Å². The number of morpholine rings is 1. The largest absolute Gasteiger partial charge is 0.376 e. The van der Waals surface area contributed by atoms with Gasteiger partial charge in [-0.2, -0.15) is 0 Å². The minimum Gasteiger partial charge on any atom is -0.376 e. The molecule has 1 aliphatic rings. The molecule has 36 heavy (non-hydrogen) atoms. The van der Waals surface area contributed by atoms with Crippen LogP contribution in [0.15, 0.2) is 54.9 Å². The van der Waals surface area contributed by atoms with E-state index in [0.29, 0.717) is 31.2 Å². The minimum atomic E-state index is -1.35. The normalized spacial score (nSPS) is 17.4. The molecule has 4 N–H and O–H groups in total. The van der Waals surface area contributed by atoms with Gasteiger partial charge in [0.2, 0.25) is 5.91 Å². The van der Waals surface area contributed by atoms with Crippen LogP contribution in [0, 0.1) is 23.3 Å². The van der Waals surface area contributed by atoms with Crippen LogP contribution in [0.5, 0.6) is 0 Å². The zero-order valence-corrected chi connectivity index (χ0v) is 19.3. The van der Waals surface area contributed by atoms with Gasteiger partial charge >= 0.3 is 0 Å². The summed E-state index contributed by atoms with van der Waals surface area (Å²) in [7, 11) is 0. The number of nitrogens with two attached hydrogens (primary N) is 1. The lowest BCUT2D eigenvalue weighted by atomic mass is 9.84. The number of carbonyl (C=O) groups is 1. The Kier molecular flexibility index (Phi) is 8.29. The molecule has 0 bridgehead atoms. The van der Waals surface area contributed by atoms with Crippen LogP contribution in [0.3, 0.4) is 0 Å². The number of anilines is 1. The van der Waals surface area contributed by atoms with Crippen LogP contribution in [-0.4, -0.2) is 42.7 Å². The Morgan fingerprint density at radius 2 is 1.78 bits per heavy atom. The van der Waals surface area contributed by atoms with Crippen LogP contribution in [0.25, 0.3) is 0 Å². The zero-order valence-electron chi connectivity index (χ0n) is 19.3. The Labute approximate surface area is 205 Å². The number of ether oxygens (including phenoxy) is 1. The number of nitrogens with one attached hydrogen (secondary N) is 2. The number of hydrogen-bond donors (Lipinski definition) is 3. The second-order valence-corrected chi connectivity index (χ2v) is 8.63. The summed E-state index contributed by atoms with van der Waals surface area (Å²) in [6, 6.07) is 6.60. The number of carbonyl (C=O) groups excluding carboxylic acids is 1. The van der Waals surface area contributed by atoms with Gasteiger partial charge < -0.3 is 21.1 Å². The molecular formula is C26H26F4N4O2. The van der Waals surface area contributed by atoms with E-state index in [1.807, 2.05) is 0 Å².